The van der Waals surface area contributed by atoms with Crippen LogP contribution in [-0.2, 0) is 38.0 Å². The van der Waals surface area contributed by atoms with E-state index in [0.717, 1.165) is 27.9 Å². The Kier molecular flexibility index (Phi) is 11.6. The minimum absolute atomic E-state index is 0.0854. The van der Waals surface area contributed by atoms with E-state index < -0.39 is 39.2 Å². The number of hydrogen-bond donors (Lipinski definition) is 1. The average Bonchev–Trinajstić information content (AvgIpc) is 3.54. The molecular formula is C39H42ClN3O5S. The molecule has 0 saturated heterocycles. The Bertz CT molecular complexity index is 1800. The van der Waals surface area contributed by atoms with Crippen molar-refractivity contribution >= 4 is 27.8 Å². The van der Waals surface area contributed by atoms with Crippen LogP contribution in [0.15, 0.2) is 128 Å². The Morgan fingerprint density at radius 1 is 0.837 bits per heavy atom. The molecule has 1 unspecified atom stereocenters. The molecule has 0 aliphatic heterocycles. The van der Waals surface area contributed by atoms with Crippen LogP contribution in [0.1, 0.15) is 61.6 Å². The van der Waals surface area contributed by atoms with E-state index >= 15 is 0 Å². The number of nitrogens with zero attached hydrogens (tertiary/aromatic N) is 2. The number of aromatic nitrogens is 2. The summed E-state index contributed by atoms with van der Waals surface area (Å²) in [7, 11) is -3.82. The first-order valence-corrected chi connectivity index (χ1v) is 18.3. The molecule has 0 bridgehead atoms. The largest absolute Gasteiger partial charge is 0.509 e. The summed E-state index contributed by atoms with van der Waals surface area (Å²) in [5.74, 6) is -0.409. The zero-order valence-corrected chi connectivity index (χ0v) is 29.5. The van der Waals surface area contributed by atoms with Crippen molar-refractivity contribution in [2.24, 2.45) is 0 Å². The van der Waals surface area contributed by atoms with Crippen molar-refractivity contribution in [3.63, 3.8) is 0 Å². The van der Waals surface area contributed by atoms with Crippen molar-refractivity contribution in [2.45, 2.75) is 63.8 Å². The Hall–Kier alpha value is -4.44. The summed E-state index contributed by atoms with van der Waals surface area (Å²) >= 11 is 5.96. The molecule has 0 spiro atoms. The highest BCUT2D eigenvalue weighted by Crippen LogP contribution is 2.40. The molecule has 256 valence electrons. The van der Waals surface area contributed by atoms with Crippen molar-refractivity contribution in [2.75, 3.05) is 5.75 Å². The Labute approximate surface area is 294 Å². The molecule has 0 saturated carbocycles. The fraction of sp³-hybridized carbons (Fsp3) is 0.282. The average molecular weight is 700 g/mol. The van der Waals surface area contributed by atoms with Gasteiger partial charge in [0.1, 0.15) is 23.0 Å². The van der Waals surface area contributed by atoms with Gasteiger partial charge in [0.05, 0.1) is 12.0 Å². The minimum atomic E-state index is -3.82. The van der Waals surface area contributed by atoms with Crippen molar-refractivity contribution in [3.05, 3.63) is 161 Å². The standard InChI is InChI=1S/C39H42ClN3O5S/c1-38(2,3)48-37(44)47-36(28-49(45,46)42-26-30-22-24-34(40)25-23-30)21-13-20-35-27-43(29-41-35)39(31-14-7-4-8-15-31,32-16-9-5-10-17-32)33-18-11-6-12-19-33/h4-12,14-19,22-25,27,29,36,42H,13,20-21,26,28H2,1-3H3. The van der Waals surface area contributed by atoms with Crippen molar-refractivity contribution < 1.29 is 22.7 Å². The molecule has 1 heterocycles. The van der Waals surface area contributed by atoms with E-state index in [4.69, 9.17) is 26.1 Å². The van der Waals surface area contributed by atoms with Crippen molar-refractivity contribution in [3.8, 4) is 0 Å². The third-order valence-electron chi connectivity index (χ3n) is 8.02. The third kappa shape index (κ3) is 9.59. The Morgan fingerprint density at radius 2 is 1.37 bits per heavy atom. The molecule has 5 aromatic rings. The van der Waals surface area contributed by atoms with E-state index in [1.807, 2.05) is 67.1 Å². The van der Waals surface area contributed by atoms with Crippen LogP contribution in [0, 0.1) is 0 Å². The van der Waals surface area contributed by atoms with Crippen LogP contribution >= 0.6 is 11.6 Å². The molecule has 0 fully saturated rings. The second kappa shape index (κ2) is 15.8. The molecule has 0 aliphatic rings. The fourth-order valence-electron chi connectivity index (χ4n) is 5.86. The highest BCUT2D eigenvalue weighted by molar-refractivity contribution is 7.89. The van der Waals surface area contributed by atoms with Crippen LogP contribution in [0.4, 0.5) is 4.79 Å². The van der Waals surface area contributed by atoms with E-state index in [0.29, 0.717) is 17.9 Å². The quantitative estimate of drug-likeness (QED) is 0.0928. The summed E-state index contributed by atoms with van der Waals surface area (Å²) in [5.41, 5.74) is 3.34. The van der Waals surface area contributed by atoms with Crippen LogP contribution in [0.3, 0.4) is 0 Å². The number of carbonyl (C=O) groups is 1. The smallest absolute Gasteiger partial charge is 0.430 e. The monoisotopic (exact) mass is 699 g/mol. The van der Waals surface area contributed by atoms with Crippen LogP contribution < -0.4 is 4.72 Å². The van der Waals surface area contributed by atoms with Gasteiger partial charge in [0.25, 0.3) is 0 Å². The number of sulfonamides is 1. The lowest BCUT2D eigenvalue weighted by Crippen LogP contribution is -2.37. The predicted octanol–water partition coefficient (Wildman–Crippen LogP) is 8.14. The maximum absolute atomic E-state index is 13.1. The van der Waals surface area contributed by atoms with Gasteiger partial charge in [-0.2, -0.15) is 0 Å². The maximum Gasteiger partial charge on any atom is 0.509 e. The van der Waals surface area contributed by atoms with Crippen LogP contribution in [-0.4, -0.2) is 41.6 Å². The highest BCUT2D eigenvalue weighted by Gasteiger charge is 2.38. The maximum atomic E-state index is 13.1. The van der Waals surface area contributed by atoms with Gasteiger partial charge in [-0.15, -0.1) is 0 Å². The highest BCUT2D eigenvalue weighted by atomic mass is 35.5. The summed E-state index contributed by atoms with van der Waals surface area (Å²) in [5, 5.41) is 0.563. The number of imidazole rings is 1. The molecule has 8 nitrogen and oxygen atoms in total. The van der Waals surface area contributed by atoms with Gasteiger partial charge in [-0.05, 0) is 74.4 Å². The number of ether oxygens (including phenoxy) is 2. The van der Waals surface area contributed by atoms with Crippen molar-refractivity contribution in [1.29, 1.82) is 0 Å². The van der Waals surface area contributed by atoms with Gasteiger partial charge in [-0.1, -0.05) is 115 Å². The van der Waals surface area contributed by atoms with Crippen LogP contribution in [0.5, 0.6) is 0 Å². The Morgan fingerprint density at radius 3 is 1.88 bits per heavy atom. The van der Waals surface area contributed by atoms with Gasteiger partial charge in [-0.3, -0.25) is 0 Å². The molecule has 4 aromatic carbocycles. The fourth-order valence-corrected chi connectivity index (χ4v) is 7.21. The lowest BCUT2D eigenvalue weighted by Gasteiger charge is -2.37. The van der Waals surface area contributed by atoms with Gasteiger partial charge < -0.3 is 14.0 Å². The lowest BCUT2D eigenvalue weighted by atomic mass is 9.77. The number of aryl methyl sites for hydroxylation is 1. The summed E-state index contributed by atoms with van der Waals surface area (Å²) in [6, 6.07) is 37.9. The van der Waals surface area contributed by atoms with Gasteiger partial charge in [-0.25, -0.2) is 22.9 Å². The number of carbonyl (C=O) groups excluding carboxylic acids is 1. The third-order valence-corrected chi connectivity index (χ3v) is 9.67. The molecule has 49 heavy (non-hydrogen) atoms. The first kappa shape index (κ1) is 35.9. The second-order valence-electron chi connectivity index (χ2n) is 12.9. The molecule has 1 aromatic heterocycles. The van der Waals surface area contributed by atoms with E-state index in [1.165, 1.54) is 0 Å². The molecule has 1 N–H and O–H groups in total. The molecule has 10 heteroatoms. The van der Waals surface area contributed by atoms with Gasteiger partial charge in [0.2, 0.25) is 10.0 Å². The van der Waals surface area contributed by atoms with Gasteiger partial charge in [0.15, 0.2) is 0 Å². The number of halogens is 1. The van der Waals surface area contributed by atoms with Crippen LogP contribution in [0.25, 0.3) is 0 Å². The summed E-state index contributed by atoms with van der Waals surface area (Å²) < 4.78 is 41.9. The SMILES string of the molecule is CC(C)(C)OC(=O)OC(CCCc1cn(C(c2ccccc2)(c2ccccc2)c2ccccc2)cn1)CS(=O)(=O)NCc1ccc(Cl)cc1. The predicted molar refractivity (Wildman–Crippen MR) is 193 cm³/mol. The Balaban J connectivity index is 1.36. The first-order valence-electron chi connectivity index (χ1n) is 16.3. The summed E-state index contributed by atoms with van der Waals surface area (Å²) in [6.07, 6.45) is 3.39. The molecule has 5 rings (SSSR count). The van der Waals surface area contributed by atoms with E-state index in [1.54, 1.807) is 45.0 Å². The second-order valence-corrected chi connectivity index (χ2v) is 15.2. The van der Waals surface area contributed by atoms with Crippen molar-refractivity contribution in [1.82, 2.24) is 14.3 Å². The summed E-state index contributed by atoms with van der Waals surface area (Å²) in [6.45, 7) is 5.27. The van der Waals surface area contributed by atoms with Crippen LogP contribution in [0.2, 0.25) is 5.02 Å². The molecule has 0 radical (unpaired) electrons. The lowest BCUT2D eigenvalue weighted by molar-refractivity contribution is -0.0242. The number of rotatable bonds is 14. The zero-order valence-electron chi connectivity index (χ0n) is 28.0. The van der Waals surface area contributed by atoms with E-state index in [2.05, 4.69) is 45.7 Å². The van der Waals surface area contributed by atoms with Gasteiger partial charge in [0, 0.05) is 17.8 Å². The number of hydrogen-bond acceptors (Lipinski definition) is 6. The number of nitrogens with one attached hydrogen (secondary N) is 1. The number of benzene rings is 4. The molecule has 0 amide bonds. The minimum Gasteiger partial charge on any atom is -0.430 e. The molecule has 1 atom stereocenters. The van der Waals surface area contributed by atoms with Gasteiger partial charge >= 0.3 is 6.16 Å². The van der Waals surface area contributed by atoms with E-state index in [9.17, 15) is 13.2 Å². The molecule has 0 aliphatic carbocycles. The van der Waals surface area contributed by atoms with E-state index in [-0.39, 0.29) is 13.0 Å². The zero-order chi connectivity index (χ0) is 34.9. The first-order chi connectivity index (χ1) is 23.4. The summed E-state index contributed by atoms with van der Waals surface area (Å²) in [4.78, 5) is 17.4. The normalized spacial score (nSPS) is 12.7. The molecular weight excluding hydrogens is 658 g/mol. The topological polar surface area (TPSA) is 99.5 Å².